The minimum absolute atomic E-state index is 0.0559. The number of ether oxygens (including phenoxy) is 2. The summed E-state index contributed by atoms with van der Waals surface area (Å²) < 4.78 is 10.5. The van der Waals surface area contributed by atoms with Crippen molar-refractivity contribution in [3.63, 3.8) is 0 Å². The minimum atomic E-state index is -0.419. The Kier molecular flexibility index (Phi) is 7.92. The third kappa shape index (κ3) is 5.02. The minimum Gasteiger partial charge on any atom is -0.460 e. The smallest absolute Gasteiger partial charge is 0.338 e. The molecule has 0 fully saturated rings. The molecule has 0 spiro atoms. The van der Waals surface area contributed by atoms with E-state index < -0.39 is 12.0 Å². The summed E-state index contributed by atoms with van der Waals surface area (Å²) in [5.74, 6) is -0.363. The van der Waals surface area contributed by atoms with E-state index in [2.05, 4.69) is 4.99 Å². The fraction of sp³-hybridized carbons (Fsp3) is 0.435. The predicted octanol–water partition coefficient (Wildman–Crippen LogP) is 3.71. The van der Waals surface area contributed by atoms with Crippen molar-refractivity contribution in [2.24, 2.45) is 4.99 Å². The molecule has 166 valence electrons. The SMILES string of the molecule is CCN(CC)C(=O)CC1=CSC2=NC(C)=C(C(=O)OCCOC)C(c3ccccc3)N12. The third-order valence-corrected chi connectivity index (χ3v) is 6.19. The zero-order valence-corrected chi connectivity index (χ0v) is 19.3. The quantitative estimate of drug-likeness (QED) is 0.428. The largest absolute Gasteiger partial charge is 0.460 e. The number of benzene rings is 1. The van der Waals surface area contributed by atoms with Gasteiger partial charge in [0.25, 0.3) is 0 Å². The molecule has 1 amide bonds. The molecule has 8 heteroatoms. The number of rotatable bonds is 9. The van der Waals surface area contributed by atoms with E-state index in [9.17, 15) is 9.59 Å². The van der Waals surface area contributed by atoms with E-state index in [0.717, 1.165) is 16.4 Å². The topological polar surface area (TPSA) is 71.4 Å². The highest BCUT2D eigenvalue weighted by Crippen LogP contribution is 2.44. The van der Waals surface area contributed by atoms with Crippen molar-refractivity contribution >= 4 is 28.8 Å². The molecule has 3 rings (SSSR count). The number of esters is 1. The van der Waals surface area contributed by atoms with Crippen molar-refractivity contribution in [1.82, 2.24) is 9.80 Å². The molecule has 31 heavy (non-hydrogen) atoms. The molecule has 0 aliphatic carbocycles. The second kappa shape index (κ2) is 10.6. The molecule has 1 atom stereocenters. The second-order valence-corrected chi connectivity index (χ2v) is 8.01. The van der Waals surface area contributed by atoms with E-state index in [1.165, 1.54) is 11.8 Å². The van der Waals surface area contributed by atoms with Gasteiger partial charge in [-0.25, -0.2) is 9.79 Å². The van der Waals surface area contributed by atoms with Gasteiger partial charge in [0.15, 0.2) is 5.17 Å². The number of allylic oxidation sites excluding steroid dienone is 1. The third-order valence-electron chi connectivity index (χ3n) is 5.30. The molecule has 1 aromatic carbocycles. The Morgan fingerprint density at radius 2 is 1.87 bits per heavy atom. The molecular formula is C23H29N3O4S. The molecule has 1 aromatic rings. The van der Waals surface area contributed by atoms with E-state index in [1.54, 1.807) is 7.11 Å². The number of thioether (sulfide) groups is 1. The van der Waals surface area contributed by atoms with Gasteiger partial charge >= 0.3 is 5.97 Å². The molecule has 0 N–H and O–H groups in total. The summed E-state index contributed by atoms with van der Waals surface area (Å²) in [6, 6.07) is 9.38. The Morgan fingerprint density at radius 1 is 1.16 bits per heavy atom. The predicted molar refractivity (Wildman–Crippen MR) is 122 cm³/mol. The lowest BCUT2D eigenvalue weighted by Gasteiger charge is -2.36. The van der Waals surface area contributed by atoms with E-state index >= 15 is 0 Å². The van der Waals surface area contributed by atoms with Crippen LogP contribution in [-0.4, -0.2) is 60.3 Å². The van der Waals surface area contributed by atoms with E-state index in [0.29, 0.717) is 31.0 Å². The number of fused-ring (bicyclic) bond motifs is 1. The lowest BCUT2D eigenvalue weighted by molar-refractivity contribution is -0.141. The number of aliphatic imine (C=N–C) groups is 1. The van der Waals surface area contributed by atoms with Gasteiger partial charge in [0.05, 0.1) is 30.3 Å². The van der Waals surface area contributed by atoms with Crippen LogP contribution in [0.1, 0.15) is 38.8 Å². The maximum Gasteiger partial charge on any atom is 0.338 e. The maximum atomic E-state index is 13.1. The van der Waals surface area contributed by atoms with Crippen LogP contribution in [0.4, 0.5) is 0 Å². The van der Waals surface area contributed by atoms with Gasteiger partial charge in [-0.15, -0.1) is 0 Å². The van der Waals surface area contributed by atoms with Crippen molar-refractivity contribution in [1.29, 1.82) is 0 Å². The number of carbonyl (C=O) groups excluding carboxylic acids is 2. The van der Waals surface area contributed by atoms with Gasteiger partial charge in [0.1, 0.15) is 6.61 Å². The van der Waals surface area contributed by atoms with E-state index in [-0.39, 0.29) is 18.9 Å². The number of methoxy groups -OCH3 is 1. The lowest BCUT2D eigenvalue weighted by Crippen LogP contribution is -2.39. The number of hydrogen-bond donors (Lipinski definition) is 0. The van der Waals surface area contributed by atoms with E-state index in [4.69, 9.17) is 9.47 Å². The average Bonchev–Trinajstić information content (AvgIpc) is 3.16. The lowest BCUT2D eigenvalue weighted by atomic mass is 9.94. The van der Waals surface area contributed by atoms with Crippen molar-refractivity contribution in [2.75, 3.05) is 33.4 Å². The normalized spacial score (nSPS) is 17.8. The zero-order valence-electron chi connectivity index (χ0n) is 18.5. The van der Waals surface area contributed by atoms with Gasteiger partial charge < -0.3 is 19.3 Å². The van der Waals surface area contributed by atoms with Crippen molar-refractivity contribution in [2.45, 2.75) is 33.2 Å². The Morgan fingerprint density at radius 3 is 2.52 bits per heavy atom. The first-order chi connectivity index (χ1) is 15.0. The molecule has 0 saturated heterocycles. The number of hydrogen-bond acceptors (Lipinski definition) is 7. The molecule has 0 bridgehead atoms. The van der Waals surface area contributed by atoms with Crippen LogP contribution in [0, 0.1) is 0 Å². The first-order valence-electron chi connectivity index (χ1n) is 10.4. The first kappa shape index (κ1) is 23.1. The summed E-state index contributed by atoms with van der Waals surface area (Å²) in [5, 5.41) is 2.73. The van der Waals surface area contributed by atoms with Crippen LogP contribution in [0.25, 0.3) is 0 Å². The summed E-state index contributed by atoms with van der Waals surface area (Å²) >= 11 is 1.48. The molecule has 2 aliphatic rings. The molecule has 1 unspecified atom stereocenters. The molecule has 2 aliphatic heterocycles. The number of carbonyl (C=O) groups is 2. The summed E-state index contributed by atoms with van der Waals surface area (Å²) in [6.07, 6.45) is 0.252. The molecule has 0 aromatic heterocycles. The van der Waals surface area contributed by atoms with Crippen LogP contribution in [0.2, 0.25) is 0 Å². The molecule has 2 heterocycles. The zero-order chi connectivity index (χ0) is 22.4. The highest BCUT2D eigenvalue weighted by molar-refractivity contribution is 8.16. The highest BCUT2D eigenvalue weighted by atomic mass is 32.2. The Labute approximate surface area is 187 Å². The van der Waals surface area contributed by atoms with Gasteiger partial charge in [-0.2, -0.15) is 0 Å². The second-order valence-electron chi connectivity index (χ2n) is 7.18. The number of nitrogens with zero attached hydrogens (tertiary/aromatic N) is 3. The van der Waals surface area contributed by atoms with Crippen LogP contribution in [0.3, 0.4) is 0 Å². The van der Waals surface area contributed by atoms with Crippen molar-refractivity contribution < 1.29 is 19.1 Å². The highest BCUT2D eigenvalue weighted by Gasteiger charge is 2.41. The summed E-state index contributed by atoms with van der Waals surface area (Å²) in [6.45, 7) is 7.59. The number of amides is 1. The molecular weight excluding hydrogens is 414 g/mol. The summed E-state index contributed by atoms with van der Waals surface area (Å²) in [7, 11) is 1.56. The maximum absolute atomic E-state index is 13.1. The van der Waals surface area contributed by atoms with Crippen LogP contribution in [0.5, 0.6) is 0 Å². The fourth-order valence-corrected chi connectivity index (χ4v) is 4.68. The van der Waals surface area contributed by atoms with Gasteiger partial charge in [0, 0.05) is 25.9 Å². The van der Waals surface area contributed by atoms with E-state index in [1.807, 2.05) is 66.3 Å². The van der Waals surface area contributed by atoms with Crippen molar-refractivity contribution in [3.8, 4) is 0 Å². The standard InChI is InChI=1S/C23H29N3O4S/c1-5-25(6-2)19(27)14-18-15-31-23-24-16(3)20(22(28)30-13-12-29-4)21(26(18)23)17-10-8-7-9-11-17/h7-11,15,21H,5-6,12-14H2,1-4H3. The van der Waals surface area contributed by atoms with Crippen LogP contribution in [0.15, 0.2) is 57.7 Å². The van der Waals surface area contributed by atoms with Crippen LogP contribution >= 0.6 is 11.8 Å². The summed E-state index contributed by atoms with van der Waals surface area (Å²) in [4.78, 5) is 34.4. The van der Waals surface area contributed by atoms with Crippen LogP contribution < -0.4 is 0 Å². The molecule has 0 saturated carbocycles. The fourth-order valence-electron chi connectivity index (χ4n) is 3.72. The monoisotopic (exact) mass is 443 g/mol. The van der Waals surface area contributed by atoms with Gasteiger partial charge in [-0.05, 0) is 31.7 Å². The van der Waals surface area contributed by atoms with Crippen molar-refractivity contribution in [3.05, 3.63) is 58.3 Å². The Hall–Kier alpha value is -2.58. The number of amidine groups is 1. The Bertz CT molecular complexity index is 907. The van der Waals surface area contributed by atoms with Gasteiger partial charge in [0.2, 0.25) is 5.91 Å². The summed E-state index contributed by atoms with van der Waals surface area (Å²) in [5.41, 5.74) is 2.88. The average molecular weight is 444 g/mol. The Balaban J connectivity index is 1.97. The van der Waals surface area contributed by atoms with Crippen LogP contribution in [-0.2, 0) is 19.1 Å². The van der Waals surface area contributed by atoms with Gasteiger partial charge in [-0.1, -0.05) is 42.1 Å². The molecule has 0 radical (unpaired) electrons. The van der Waals surface area contributed by atoms with Gasteiger partial charge in [-0.3, -0.25) is 4.79 Å². The molecule has 7 nitrogen and oxygen atoms in total. The first-order valence-corrected chi connectivity index (χ1v) is 11.3.